The van der Waals surface area contributed by atoms with Gasteiger partial charge in [0.05, 0.1) is 6.54 Å². The summed E-state index contributed by atoms with van der Waals surface area (Å²) in [6.07, 6.45) is 2.28. The first-order valence-corrected chi connectivity index (χ1v) is 8.13. The number of carbonyl (C=O) groups excluding carboxylic acids is 1. The number of amides is 1. The van der Waals surface area contributed by atoms with E-state index in [9.17, 15) is 4.79 Å². The Bertz CT molecular complexity index is 538. The van der Waals surface area contributed by atoms with Gasteiger partial charge in [0.1, 0.15) is 6.61 Å². The van der Waals surface area contributed by atoms with Crippen molar-refractivity contribution in [2.75, 3.05) is 26.2 Å². The Hall–Kier alpha value is -1.45. The van der Waals surface area contributed by atoms with Crippen molar-refractivity contribution >= 4 is 30.9 Å². The van der Waals surface area contributed by atoms with Crippen molar-refractivity contribution in [1.29, 1.82) is 0 Å². The molecule has 7 heteroatoms. The molecule has 0 saturated carbocycles. The number of piperidine rings is 1. The third-order valence-electron chi connectivity index (χ3n) is 3.82. The topological polar surface area (TPSA) is 67.6 Å². The Morgan fingerprint density at radius 3 is 2.52 bits per heavy atom. The van der Waals surface area contributed by atoms with Gasteiger partial charge in [-0.15, -0.1) is 30.7 Å². The maximum atomic E-state index is 11.8. The zero-order valence-electron chi connectivity index (χ0n) is 14.3. The van der Waals surface area contributed by atoms with Crippen LogP contribution in [0.3, 0.4) is 0 Å². The zero-order valence-corrected chi connectivity index (χ0v) is 15.9. The van der Waals surface area contributed by atoms with Crippen molar-refractivity contribution in [1.82, 2.24) is 10.2 Å². The number of likely N-dealkylation sites (tertiary alicyclic amines) is 1. The van der Waals surface area contributed by atoms with Crippen LogP contribution < -0.4 is 11.1 Å². The number of halogens is 2. The fraction of sp³-hybridized carbons (Fsp3) is 0.500. The molecule has 5 nitrogen and oxygen atoms in total. The summed E-state index contributed by atoms with van der Waals surface area (Å²) in [7, 11) is 0. The SMILES string of the molecule is Cl.Cl.NCCC#CCN1CCC(NC(=O)OCc2ccccc2)CC1. The van der Waals surface area contributed by atoms with Gasteiger partial charge < -0.3 is 15.8 Å². The molecule has 0 atom stereocenters. The second-order valence-corrected chi connectivity index (χ2v) is 5.65. The van der Waals surface area contributed by atoms with Crippen LogP contribution in [0.2, 0.25) is 0 Å². The van der Waals surface area contributed by atoms with Gasteiger partial charge in [-0.2, -0.15) is 0 Å². The average Bonchev–Trinajstić information content (AvgIpc) is 2.59. The number of nitrogens with zero attached hydrogens (tertiary/aromatic N) is 1. The average molecular weight is 388 g/mol. The fourth-order valence-electron chi connectivity index (χ4n) is 2.50. The first-order chi connectivity index (χ1) is 11.3. The largest absolute Gasteiger partial charge is 0.445 e. The molecule has 1 heterocycles. The number of nitrogens with two attached hydrogens (primary N) is 1. The minimum Gasteiger partial charge on any atom is -0.445 e. The normalized spacial score (nSPS) is 14.3. The summed E-state index contributed by atoms with van der Waals surface area (Å²) in [5.74, 6) is 6.19. The second-order valence-electron chi connectivity index (χ2n) is 5.65. The molecule has 1 aromatic rings. The zero-order chi connectivity index (χ0) is 16.3. The Labute approximate surface area is 162 Å². The Morgan fingerprint density at radius 2 is 1.88 bits per heavy atom. The molecule has 0 aliphatic carbocycles. The number of ether oxygens (including phenoxy) is 1. The minimum absolute atomic E-state index is 0. The van der Waals surface area contributed by atoms with Crippen LogP contribution in [-0.2, 0) is 11.3 Å². The summed E-state index contributed by atoms with van der Waals surface area (Å²) >= 11 is 0. The Balaban J connectivity index is 0.00000288. The van der Waals surface area contributed by atoms with Gasteiger partial charge in [-0.1, -0.05) is 36.3 Å². The van der Waals surface area contributed by atoms with Crippen molar-refractivity contribution in [2.24, 2.45) is 5.73 Å². The highest BCUT2D eigenvalue weighted by Gasteiger charge is 2.20. The molecule has 1 aliphatic rings. The van der Waals surface area contributed by atoms with E-state index in [-0.39, 0.29) is 36.9 Å². The lowest BCUT2D eigenvalue weighted by Crippen LogP contribution is -2.44. The summed E-state index contributed by atoms with van der Waals surface area (Å²) in [5, 5.41) is 2.95. The lowest BCUT2D eigenvalue weighted by atomic mass is 10.1. The molecule has 0 bridgehead atoms. The molecule has 1 saturated heterocycles. The van der Waals surface area contributed by atoms with Gasteiger partial charge in [0.25, 0.3) is 0 Å². The van der Waals surface area contributed by atoms with E-state index in [0.29, 0.717) is 13.2 Å². The Morgan fingerprint density at radius 1 is 1.20 bits per heavy atom. The lowest BCUT2D eigenvalue weighted by molar-refractivity contribution is 0.128. The number of alkyl carbamates (subject to hydrolysis) is 1. The van der Waals surface area contributed by atoms with E-state index in [1.54, 1.807) is 0 Å². The van der Waals surface area contributed by atoms with Gasteiger partial charge in [-0.25, -0.2) is 4.79 Å². The van der Waals surface area contributed by atoms with E-state index < -0.39 is 0 Å². The minimum atomic E-state index is -0.338. The van der Waals surface area contributed by atoms with E-state index in [2.05, 4.69) is 22.1 Å². The quantitative estimate of drug-likeness (QED) is 0.761. The highest BCUT2D eigenvalue weighted by molar-refractivity contribution is 5.85. The van der Waals surface area contributed by atoms with Gasteiger partial charge in [0.2, 0.25) is 0 Å². The molecule has 3 N–H and O–H groups in total. The molecule has 140 valence electrons. The predicted molar refractivity (Wildman–Crippen MR) is 105 cm³/mol. The monoisotopic (exact) mass is 387 g/mol. The maximum absolute atomic E-state index is 11.8. The van der Waals surface area contributed by atoms with Crippen LogP contribution in [0.5, 0.6) is 0 Å². The Kier molecular flexibility index (Phi) is 13.0. The summed E-state index contributed by atoms with van der Waals surface area (Å²) in [6.45, 7) is 3.60. The molecule has 1 amide bonds. The molecule has 1 fully saturated rings. The summed E-state index contributed by atoms with van der Waals surface area (Å²) in [5.41, 5.74) is 6.40. The standard InChI is InChI=1S/C18H25N3O2.2ClH/c19-11-5-2-6-12-21-13-9-17(10-14-21)20-18(22)23-15-16-7-3-1-4-8-16;;/h1,3-4,7-8,17H,5,9-15,19H2,(H,20,22);2*1H. The molecule has 2 rings (SSSR count). The third kappa shape index (κ3) is 9.57. The van der Waals surface area contributed by atoms with Crippen LogP contribution >= 0.6 is 24.8 Å². The number of hydrogen-bond acceptors (Lipinski definition) is 4. The van der Waals surface area contributed by atoms with E-state index in [4.69, 9.17) is 10.5 Å². The van der Waals surface area contributed by atoms with Gasteiger partial charge in [-0.3, -0.25) is 4.90 Å². The first-order valence-electron chi connectivity index (χ1n) is 8.13. The van der Waals surface area contributed by atoms with Crippen molar-refractivity contribution in [3.05, 3.63) is 35.9 Å². The molecule has 0 unspecified atom stereocenters. The highest BCUT2D eigenvalue weighted by Crippen LogP contribution is 2.10. The highest BCUT2D eigenvalue weighted by atomic mass is 35.5. The van der Waals surface area contributed by atoms with Crippen LogP contribution in [-0.4, -0.2) is 43.2 Å². The molecule has 1 aliphatic heterocycles. The van der Waals surface area contributed by atoms with Gasteiger partial charge in [-0.05, 0) is 18.4 Å². The number of rotatable bonds is 5. The lowest BCUT2D eigenvalue weighted by Gasteiger charge is -2.30. The van der Waals surface area contributed by atoms with E-state index >= 15 is 0 Å². The van der Waals surface area contributed by atoms with Crippen molar-refractivity contribution in [3.8, 4) is 11.8 Å². The maximum Gasteiger partial charge on any atom is 0.407 e. The molecule has 1 aromatic carbocycles. The number of hydrogen-bond donors (Lipinski definition) is 2. The van der Waals surface area contributed by atoms with Crippen molar-refractivity contribution < 1.29 is 9.53 Å². The number of nitrogens with one attached hydrogen (secondary N) is 1. The fourth-order valence-corrected chi connectivity index (χ4v) is 2.50. The molecule has 25 heavy (non-hydrogen) atoms. The first kappa shape index (κ1) is 23.5. The second kappa shape index (κ2) is 13.8. The van der Waals surface area contributed by atoms with E-state index in [1.807, 2.05) is 30.3 Å². The summed E-state index contributed by atoms with van der Waals surface area (Å²) in [4.78, 5) is 14.1. The van der Waals surface area contributed by atoms with Crippen LogP contribution in [0, 0.1) is 11.8 Å². The molecule has 0 aromatic heterocycles. The number of benzene rings is 1. The van der Waals surface area contributed by atoms with E-state index in [0.717, 1.165) is 44.5 Å². The molecule has 0 radical (unpaired) electrons. The third-order valence-corrected chi connectivity index (χ3v) is 3.82. The van der Waals surface area contributed by atoms with Gasteiger partial charge in [0.15, 0.2) is 0 Å². The van der Waals surface area contributed by atoms with Gasteiger partial charge in [0, 0.05) is 32.1 Å². The van der Waals surface area contributed by atoms with Crippen LogP contribution in [0.25, 0.3) is 0 Å². The van der Waals surface area contributed by atoms with E-state index in [1.165, 1.54) is 0 Å². The number of carbonyl (C=O) groups is 1. The summed E-state index contributed by atoms with van der Waals surface area (Å²) in [6, 6.07) is 9.88. The van der Waals surface area contributed by atoms with Crippen molar-refractivity contribution in [3.63, 3.8) is 0 Å². The molecular formula is C18H27Cl2N3O2. The summed E-state index contributed by atoms with van der Waals surface area (Å²) < 4.78 is 5.25. The molecular weight excluding hydrogens is 361 g/mol. The van der Waals surface area contributed by atoms with Gasteiger partial charge >= 0.3 is 6.09 Å². The van der Waals surface area contributed by atoms with Crippen LogP contribution in [0.1, 0.15) is 24.8 Å². The van der Waals surface area contributed by atoms with Crippen LogP contribution in [0.15, 0.2) is 30.3 Å². The van der Waals surface area contributed by atoms with Crippen molar-refractivity contribution in [2.45, 2.75) is 31.9 Å². The smallest absolute Gasteiger partial charge is 0.407 e. The molecule has 0 spiro atoms. The predicted octanol–water partition coefficient (Wildman–Crippen LogP) is 2.57. The van der Waals surface area contributed by atoms with Crippen LogP contribution in [0.4, 0.5) is 4.79 Å².